The first-order chi connectivity index (χ1) is 14.5. The molecule has 1 N–H and O–H groups in total. The third kappa shape index (κ3) is 5.09. The zero-order valence-electron chi connectivity index (χ0n) is 15.8. The molecule has 2 aromatic carbocycles. The molecule has 0 saturated carbocycles. The number of nitrogens with zero attached hydrogens (tertiary/aromatic N) is 2. The first-order valence-corrected chi connectivity index (χ1v) is 9.10. The van der Waals surface area contributed by atoms with Crippen LogP contribution in [-0.4, -0.2) is 24.9 Å². The fourth-order valence-electron chi connectivity index (χ4n) is 3.62. The number of nitrogens with one attached hydrogen (secondary N) is 1. The summed E-state index contributed by atoms with van der Waals surface area (Å²) in [4.78, 5) is 0. The number of alkyl halides is 6. The summed E-state index contributed by atoms with van der Waals surface area (Å²) in [6.45, 7) is -0.166. The third-order valence-corrected chi connectivity index (χ3v) is 5.02. The minimum atomic E-state index is -4.87. The Hall–Kier alpha value is -3.24. The van der Waals surface area contributed by atoms with E-state index in [9.17, 15) is 26.3 Å². The molecule has 0 amide bonds. The van der Waals surface area contributed by atoms with Crippen LogP contribution < -0.4 is 10.1 Å². The molecule has 1 saturated heterocycles. The highest BCUT2D eigenvalue weighted by Gasteiger charge is 2.51. The van der Waals surface area contributed by atoms with Crippen LogP contribution in [0.5, 0.6) is 5.75 Å². The second-order valence-electron chi connectivity index (χ2n) is 7.09. The Bertz CT molecular complexity index is 1040. The van der Waals surface area contributed by atoms with E-state index in [4.69, 9.17) is 15.3 Å². The maximum atomic E-state index is 13.6. The molecule has 162 valence electrons. The van der Waals surface area contributed by atoms with Gasteiger partial charge in [-0.15, -0.1) is 0 Å². The van der Waals surface area contributed by atoms with Crippen LogP contribution in [-0.2, 0) is 6.18 Å². The van der Waals surface area contributed by atoms with Gasteiger partial charge in [-0.05, 0) is 42.3 Å². The van der Waals surface area contributed by atoms with Crippen LogP contribution in [0.1, 0.15) is 34.6 Å². The predicted octanol–water partition coefficient (Wildman–Crippen LogP) is 4.90. The summed E-state index contributed by atoms with van der Waals surface area (Å²) in [5, 5.41) is 20.2. The number of rotatable bonds is 4. The number of benzene rings is 2. The number of ether oxygens (including phenoxy) is 1. The fourth-order valence-corrected chi connectivity index (χ4v) is 3.62. The van der Waals surface area contributed by atoms with Crippen molar-refractivity contribution >= 4 is 0 Å². The van der Waals surface area contributed by atoms with E-state index in [0.717, 1.165) is 12.1 Å². The van der Waals surface area contributed by atoms with E-state index in [-0.39, 0.29) is 18.6 Å². The topological polar surface area (TPSA) is 68.8 Å². The molecule has 3 atom stereocenters. The molecule has 2 aromatic rings. The molecule has 0 spiro atoms. The number of hydrogen-bond acceptors (Lipinski definition) is 4. The van der Waals surface area contributed by atoms with Crippen LogP contribution in [0.2, 0.25) is 0 Å². The SMILES string of the molecule is N#Cc1cccc(OC[C@@H]2CC(c3ccc(C#N)c(C(F)(F)F)c3)[C@H](C(F)(F)F)N2)c1. The lowest BCUT2D eigenvalue weighted by Crippen LogP contribution is -2.44. The van der Waals surface area contributed by atoms with Crippen molar-refractivity contribution < 1.29 is 31.1 Å². The minimum Gasteiger partial charge on any atom is -0.492 e. The smallest absolute Gasteiger partial charge is 0.417 e. The highest BCUT2D eigenvalue weighted by atomic mass is 19.4. The molecule has 1 aliphatic rings. The largest absolute Gasteiger partial charge is 0.492 e. The van der Waals surface area contributed by atoms with Crippen LogP contribution in [0, 0.1) is 22.7 Å². The van der Waals surface area contributed by atoms with Crippen molar-refractivity contribution in [3.8, 4) is 17.9 Å². The number of hydrogen-bond donors (Lipinski definition) is 1. The Morgan fingerprint density at radius 2 is 1.74 bits per heavy atom. The van der Waals surface area contributed by atoms with Gasteiger partial charge in [0.2, 0.25) is 0 Å². The molecule has 3 rings (SSSR count). The first kappa shape index (κ1) is 22.4. The zero-order valence-corrected chi connectivity index (χ0v) is 15.8. The van der Waals surface area contributed by atoms with E-state index in [1.54, 1.807) is 18.2 Å². The first-order valence-electron chi connectivity index (χ1n) is 9.10. The Morgan fingerprint density at radius 3 is 2.35 bits per heavy atom. The summed E-state index contributed by atoms with van der Waals surface area (Å²) in [7, 11) is 0. The quantitative estimate of drug-likeness (QED) is 0.688. The van der Waals surface area contributed by atoms with Crippen molar-refractivity contribution in [1.29, 1.82) is 10.5 Å². The molecule has 0 radical (unpaired) electrons. The van der Waals surface area contributed by atoms with Gasteiger partial charge in [-0.2, -0.15) is 36.9 Å². The summed E-state index contributed by atoms with van der Waals surface area (Å²) in [6.07, 6.45) is -9.69. The molecule has 31 heavy (non-hydrogen) atoms. The highest BCUT2D eigenvalue weighted by Crippen LogP contribution is 2.42. The van der Waals surface area contributed by atoms with Crippen LogP contribution in [0.3, 0.4) is 0 Å². The minimum absolute atomic E-state index is 0.120. The van der Waals surface area contributed by atoms with Crippen LogP contribution in [0.25, 0.3) is 0 Å². The highest BCUT2D eigenvalue weighted by molar-refractivity contribution is 5.44. The average molecular weight is 439 g/mol. The molecule has 4 nitrogen and oxygen atoms in total. The van der Waals surface area contributed by atoms with Crippen LogP contribution in [0.4, 0.5) is 26.3 Å². The van der Waals surface area contributed by atoms with Gasteiger partial charge in [0.25, 0.3) is 0 Å². The average Bonchev–Trinajstić information content (AvgIpc) is 3.16. The van der Waals surface area contributed by atoms with Gasteiger partial charge < -0.3 is 4.74 Å². The van der Waals surface area contributed by atoms with E-state index >= 15 is 0 Å². The Morgan fingerprint density at radius 1 is 1.00 bits per heavy atom. The Balaban J connectivity index is 1.84. The van der Waals surface area contributed by atoms with Crippen LogP contribution >= 0.6 is 0 Å². The van der Waals surface area contributed by atoms with Crippen molar-refractivity contribution in [2.45, 2.75) is 36.8 Å². The van der Waals surface area contributed by atoms with Crippen LogP contribution in [0.15, 0.2) is 42.5 Å². The van der Waals surface area contributed by atoms with Crippen molar-refractivity contribution in [1.82, 2.24) is 5.32 Å². The zero-order chi connectivity index (χ0) is 22.8. The van der Waals surface area contributed by atoms with E-state index in [1.165, 1.54) is 12.1 Å². The standard InChI is InChI=1S/C21H15F6N3O/c22-20(23,24)18-7-13(4-5-14(18)10-29)17-8-15(30-19(17)21(25,26)27)11-31-16-3-1-2-12(6-16)9-28/h1-7,15,17,19,30H,8,11H2/t15-,17?,19+/m0/s1. The lowest BCUT2D eigenvalue weighted by Gasteiger charge is -2.23. The predicted molar refractivity (Wildman–Crippen MR) is 96.9 cm³/mol. The van der Waals surface area contributed by atoms with Gasteiger partial charge in [0.1, 0.15) is 18.4 Å². The Kier molecular flexibility index (Phi) is 6.14. The molecule has 1 heterocycles. The molecular weight excluding hydrogens is 424 g/mol. The maximum Gasteiger partial charge on any atom is 0.417 e. The summed E-state index contributed by atoms with van der Waals surface area (Å²) < 4.78 is 86.0. The summed E-state index contributed by atoms with van der Waals surface area (Å²) in [5.41, 5.74) is -1.75. The Labute approximate surface area is 173 Å². The van der Waals surface area contributed by atoms with Gasteiger partial charge in [0.05, 0.1) is 28.8 Å². The number of halogens is 6. The fraction of sp³-hybridized carbons (Fsp3) is 0.333. The van der Waals surface area contributed by atoms with Crippen molar-refractivity contribution in [2.24, 2.45) is 0 Å². The second kappa shape index (κ2) is 8.48. The van der Waals surface area contributed by atoms with Crippen molar-refractivity contribution in [3.05, 3.63) is 64.7 Å². The maximum absolute atomic E-state index is 13.6. The molecule has 0 bridgehead atoms. The molecule has 1 aliphatic heterocycles. The molecule has 10 heteroatoms. The van der Waals surface area contributed by atoms with E-state index in [2.05, 4.69) is 5.32 Å². The molecule has 0 aliphatic carbocycles. The van der Waals surface area contributed by atoms with Gasteiger partial charge >= 0.3 is 12.4 Å². The monoisotopic (exact) mass is 439 g/mol. The summed E-state index contributed by atoms with van der Waals surface area (Å²) >= 11 is 0. The lowest BCUT2D eigenvalue weighted by molar-refractivity contribution is -0.156. The lowest BCUT2D eigenvalue weighted by atomic mass is 9.88. The molecule has 1 fully saturated rings. The van der Waals surface area contributed by atoms with E-state index < -0.39 is 41.5 Å². The summed E-state index contributed by atoms with van der Waals surface area (Å²) in [6, 6.07) is 9.20. The number of nitriles is 2. The second-order valence-corrected chi connectivity index (χ2v) is 7.09. The normalized spacial score (nSPS) is 21.4. The summed E-state index contributed by atoms with van der Waals surface area (Å²) in [5.74, 6) is -0.988. The van der Waals surface area contributed by atoms with Gasteiger partial charge in [0, 0.05) is 12.0 Å². The van der Waals surface area contributed by atoms with E-state index in [1.807, 2.05) is 6.07 Å². The van der Waals surface area contributed by atoms with E-state index in [0.29, 0.717) is 17.4 Å². The van der Waals surface area contributed by atoms with Crippen molar-refractivity contribution in [2.75, 3.05) is 6.61 Å². The third-order valence-electron chi connectivity index (χ3n) is 5.02. The molecular formula is C21H15F6N3O. The molecule has 0 aromatic heterocycles. The van der Waals surface area contributed by atoms with Gasteiger partial charge in [-0.25, -0.2) is 0 Å². The van der Waals surface area contributed by atoms with Gasteiger partial charge in [-0.3, -0.25) is 5.32 Å². The van der Waals surface area contributed by atoms with Crippen molar-refractivity contribution in [3.63, 3.8) is 0 Å². The van der Waals surface area contributed by atoms with Gasteiger partial charge in [-0.1, -0.05) is 12.1 Å². The van der Waals surface area contributed by atoms with Gasteiger partial charge in [0.15, 0.2) is 0 Å². The molecule has 1 unspecified atom stereocenters.